The first-order valence-electron chi connectivity index (χ1n) is 10.5. The highest BCUT2D eigenvalue weighted by Crippen LogP contribution is 2.55. The maximum absolute atomic E-state index is 13.2. The van der Waals surface area contributed by atoms with E-state index < -0.39 is 30.0 Å². The van der Waals surface area contributed by atoms with E-state index in [1.807, 2.05) is 0 Å². The summed E-state index contributed by atoms with van der Waals surface area (Å²) in [5, 5.41) is 5.85. The van der Waals surface area contributed by atoms with Crippen LogP contribution in [0.1, 0.15) is 55.3 Å². The highest BCUT2D eigenvalue weighted by atomic mass is 19.2. The number of benzene rings is 1. The number of hydrogen-bond acceptors (Lipinski definition) is 4. The van der Waals surface area contributed by atoms with Crippen LogP contribution in [0.25, 0.3) is 0 Å². The normalized spacial score (nSPS) is 28.8. The molecule has 0 atom stereocenters. The summed E-state index contributed by atoms with van der Waals surface area (Å²) in [5.74, 6) is -1.31. The number of Topliss-reactive ketones (excluding diaryl/α,β-unsaturated/α-hetero) is 1. The Morgan fingerprint density at radius 2 is 1.63 bits per heavy atom. The molecule has 30 heavy (non-hydrogen) atoms. The molecule has 0 aromatic heterocycles. The molecule has 0 heterocycles. The number of ether oxygens (including phenoxy) is 1. The number of carbonyl (C=O) groups excluding carboxylic acids is 3. The second-order valence-electron chi connectivity index (χ2n) is 9.04. The zero-order chi connectivity index (χ0) is 21.3. The molecule has 4 saturated carbocycles. The van der Waals surface area contributed by atoms with Gasteiger partial charge in [-0.25, -0.2) is 13.6 Å². The standard InChI is InChI=1S/C22H26F2N2O4/c23-17-2-1-16(8-18(17)24)19(27)12-30-20(28)3-4-25-21(29)26-22-9-13-5-14(10-22)7-15(6-13)11-22/h1-2,8,13-15H,3-7,9-12H2,(H2,25,26,29). The lowest BCUT2D eigenvalue weighted by molar-refractivity contribution is -0.142. The van der Waals surface area contributed by atoms with E-state index in [9.17, 15) is 23.2 Å². The lowest BCUT2D eigenvalue weighted by Gasteiger charge is -2.56. The van der Waals surface area contributed by atoms with E-state index in [0.29, 0.717) is 0 Å². The van der Waals surface area contributed by atoms with E-state index >= 15 is 0 Å². The molecule has 2 N–H and O–H groups in total. The predicted molar refractivity (Wildman–Crippen MR) is 104 cm³/mol. The number of urea groups is 1. The van der Waals surface area contributed by atoms with Crippen LogP contribution in [0.5, 0.6) is 0 Å². The molecule has 2 amide bonds. The van der Waals surface area contributed by atoms with Crippen molar-refractivity contribution in [2.24, 2.45) is 17.8 Å². The second-order valence-corrected chi connectivity index (χ2v) is 9.04. The summed E-state index contributed by atoms with van der Waals surface area (Å²) in [6, 6.07) is 2.46. The van der Waals surface area contributed by atoms with Crippen LogP contribution >= 0.6 is 0 Å². The number of hydrogen-bond donors (Lipinski definition) is 2. The maximum atomic E-state index is 13.2. The minimum absolute atomic E-state index is 0.0743. The van der Waals surface area contributed by atoms with Crippen LogP contribution in [-0.4, -0.2) is 36.5 Å². The van der Waals surface area contributed by atoms with Crippen LogP contribution in [-0.2, 0) is 9.53 Å². The smallest absolute Gasteiger partial charge is 0.315 e. The minimum atomic E-state index is -1.14. The summed E-state index contributed by atoms with van der Waals surface area (Å²) in [6.45, 7) is -0.472. The van der Waals surface area contributed by atoms with Gasteiger partial charge in [-0.2, -0.15) is 0 Å². The van der Waals surface area contributed by atoms with Crippen LogP contribution in [0.3, 0.4) is 0 Å². The van der Waals surface area contributed by atoms with Crippen LogP contribution < -0.4 is 10.6 Å². The van der Waals surface area contributed by atoms with E-state index in [-0.39, 0.29) is 30.1 Å². The topological polar surface area (TPSA) is 84.5 Å². The largest absolute Gasteiger partial charge is 0.457 e. The molecule has 4 bridgehead atoms. The first-order chi connectivity index (χ1) is 14.3. The molecular formula is C22H26F2N2O4. The maximum Gasteiger partial charge on any atom is 0.315 e. The van der Waals surface area contributed by atoms with Crippen molar-refractivity contribution in [1.82, 2.24) is 10.6 Å². The van der Waals surface area contributed by atoms with Gasteiger partial charge in [-0.3, -0.25) is 9.59 Å². The minimum Gasteiger partial charge on any atom is -0.457 e. The third kappa shape index (κ3) is 4.63. The van der Waals surface area contributed by atoms with Gasteiger partial charge in [0.05, 0.1) is 6.42 Å². The number of ketones is 1. The van der Waals surface area contributed by atoms with Crippen molar-refractivity contribution in [3.05, 3.63) is 35.4 Å². The Labute approximate surface area is 173 Å². The highest BCUT2D eigenvalue weighted by Gasteiger charge is 2.51. The zero-order valence-electron chi connectivity index (χ0n) is 16.7. The first kappa shape index (κ1) is 20.8. The van der Waals surface area contributed by atoms with Crippen molar-refractivity contribution >= 4 is 17.8 Å². The molecular weight excluding hydrogens is 394 g/mol. The molecule has 1 aromatic rings. The molecule has 0 unspecified atom stereocenters. The molecule has 0 spiro atoms. The molecule has 0 saturated heterocycles. The van der Waals surface area contributed by atoms with Crippen LogP contribution in [0.2, 0.25) is 0 Å². The molecule has 0 radical (unpaired) electrons. The Morgan fingerprint density at radius 3 is 2.23 bits per heavy atom. The van der Waals surface area contributed by atoms with Crippen molar-refractivity contribution in [3.8, 4) is 0 Å². The molecule has 1 aromatic carbocycles. The van der Waals surface area contributed by atoms with Crippen LogP contribution in [0.4, 0.5) is 13.6 Å². The van der Waals surface area contributed by atoms with Crippen molar-refractivity contribution in [2.75, 3.05) is 13.2 Å². The fourth-order valence-corrected chi connectivity index (χ4v) is 5.80. The van der Waals surface area contributed by atoms with Gasteiger partial charge in [0.15, 0.2) is 24.0 Å². The van der Waals surface area contributed by atoms with Crippen molar-refractivity contribution < 1.29 is 27.9 Å². The quantitative estimate of drug-likeness (QED) is 0.523. The summed E-state index contributed by atoms with van der Waals surface area (Å²) in [5.41, 5.74) is -0.175. The summed E-state index contributed by atoms with van der Waals surface area (Å²) >= 11 is 0. The summed E-state index contributed by atoms with van der Waals surface area (Å²) in [6.07, 6.45) is 6.91. The monoisotopic (exact) mass is 420 g/mol. The second kappa shape index (κ2) is 8.32. The Balaban J connectivity index is 1.16. The number of nitrogens with one attached hydrogen (secondary N) is 2. The fraction of sp³-hybridized carbons (Fsp3) is 0.591. The number of amides is 2. The van der Waals surface area contributed by atoms with Crippen molar-refractivity contribution in [1.29, 1.82) is 0 Å². The van der Waals surface area contributed by atoms with Gasteiger partial charge in [0.1, 0.15) is 0 Å². The van der Waals surface area contributed by atoms with Gasteiger partial charge < -0.3 is 15.4 Å². The van der Waals surface area contributed by atoms with Gasteiger partial charge in [-0.05, 0) is 74.5 Å². The van der Waals surface area contributed by atoms with Crippen molar-refractivity contribution in [2.45, 2.75) is 50.5 Å². The third-order valence-electron chi connectivity index (χ3n) is 6.64. The van der Waals surface area contributed by atoms with Gasteiger partial charge in [0, 0.05) is 17.6 Å². The Morgan fingerprint density at radius 1 is 1.00 bits per heavy atom. The average Bonchev–Trinajstić information content (AvgIpc) is 2.66. The van der Waals surface area contributed by atoms with E-state index in [2.05, 4.69) is 10.6 Å². The van der Waals surface area contributed by atoms with Gasteiger partial charge in [-0.1, -0.05) is 0 Å². The summed E-state index contributed by atoms with van der Waals surface area (Å²) < 4.78 is 30.9. The Bertz CT molecular complexity index is 822. The lowest BCUT2D eigenvalue weighted by atomic mass is 9.53. The van der Waals surface area contributed by atoms with E-state index in [0.717, 1.165) is 55.2 Å². The predicted octanol–water partition coefficient (Wildman–Crippen LogP) is 3.35. The molecule has 4 fully saturated rings. The fourth-order valence-electron chi connectivity index (χ4n) is 5.80. The van der Waals surface area contributed by atoms with E-state index in [1.54, 1.807) is 0 Å². The van der Waals surface area contributed by atoms with Crippen molar-refractivity contribution in [3.63, 3.8) is 0 Å². The SMILES string of the molecule is O=C(NCCC(=O)OCC(=O)c1ccc(F)c(F)c1)NC12CC3CC(CC(C3)C1)C2. The third-order valence-corrected chi connectivity index (χ3v) is 6.64. The molecule has 8 heteroatoms. The van der Waals surface area contributed by atoms with Gasteiger partial charge in [-0.15, -0.1) is 0 Å². The lowest BCUT2D eigenvalue weighted by Crippen LogP contribution is -2.61. The molecule has 4 aliphatic rings. The Hall–Kier alpha value is -2.51. The van der Waals surface area contributed by atoms with Gasteiger partial charge in [0.2, 0.25) is 0 Å². The van der Waals surface area contributed by atoms with Crippen LogP contribution in [0, 0.1) is 29.4 Å². The van der Waals surface area contributed by atoms with Gasteiger partial charge >= 0.3 is 12.0 Å². The number of rotatable bonds is 7. The summed E-state index contributed by atoms with van der Waals surface area (Å²) in [4.78, 5) is 36.0. The number of carbonyl (C=O) groups is 3. The zero-order valence-corrected chi connectivity index (χ0v) is 16.7. The van der Waals surface area contributed by atoms with E-state index in [4.69, 9.17) is 4.74 Å². The number of halogens is 2. The molecule has 0 aliphatic heterocycles. The highest BCUT2D eigenvalue weighted by molar-refractivity contribution is 5.97. The van der Waals surface area contributed by atoms with Crippen LogP contribution in [0.15, 0.2) is 18.2 Å². The molecule has 4 aliphatic carbocycles. The average molecular weight is 420 g/mol. The van der Waals surface area contributed by atoms with Gasteiger partial charge in [0.25, 0.3) is 0 Å². The molecule has 5 rings (SSSR count). The summed E-state index contributed by atoms with van der Waals surface area (Å²) in [7, 11) is 0. The number of esters is 1. The Kier molecular flexibility index (Phi) is 5.75. The molecule has 162 valence electrons. The van der Waals surface area contributed by atoms with E-state index in [1.165, 1.54) is 19.3 Å². The molecule has 6 nitrogen and oxygen atoms in total. The first-order valence-corrected chi connectivity index (χ1v) is 10.5.